The number of rotatable bonds is 3. The highest BCUT2D eigenvalue weighted by molar-refractivity contribution is 5.76. The number of nitrogens with one attached hydrogen (secondary N) is 1. The van der Waals surface area contributed by atoms with Gasteiger partial charge in [0, 0.05) is 33.1 Å². The first-order valence-corrected chi connectivity index (χ1v) is 7.04. The van der Waals surface area contributed by atoms with Crippen molar-refractivity contribution in [3.63, 3.8) is 0 Å². The van der Waals surface area contributed by atoms with E-state index in [2.05, 4.69) is 10.4 Å². The number of hydrogen-bond acceptors (Lipinski definition) is 4. The van der Waals surface area contributed by atoms with Gasteiger partial charge in [0.05, 0.1) is 0 Å². The zero-order chi connectivity index (χ0) is 15.6. The molecular formula is C13H21N5O3. The van der Waals surface area contributed by atoms with Crippen LogP contribution in [0.15, 0.2) is 4.79 Å². The Hall–Kier alpha value is -2.12. The Kier molecular flexibility index (Phi) is 4.44. The van der Waals surface area contributed by atoms with Crippen LogP contribution in [0.5, 0.6) is 0 Å². The summed E-state index contributed by atoms with van der Waals surface area (Å²) < 4.78 is 2.59. The fourth-order valence-electron chi connectivity index (χ4n) is 2.54. The number of nitrogens with zero attached hydrogens (tertiary/aromatic N) is 4. The summed E-state index contributed by atoms with van der Waals surface area (Å²) in [6, 6.07) is -0.0117. The van der Waals surface area contributed by atoms with Crippen LogP contribution in [-0.4, -0.2) is 50.2 Å². The van der Waals surface area contributed by atoms with E-state index in [1.54, 1.807) is 18.9 Å². The van der Waals surface area contributed by atoms with Gasteiger partial charge in [-0.15, -0.1) is 0 Å². The van der Waals surface area contributed by atoms with E-state index >= 15 is 0 Å². The molecule has 1 atom stereocenters. The van der Waals surface area contributed by atoms with Crippen molar-refractivity contribution in [1.29, 1.82) is 0 Å². The summed E-state index contributed by atoms with van der Waals surface area (Å²) in [6.45, 7) is 4.26. The number of hydrogen-bond donors (Lipinski definition) is 1. The quantitative estimate of drug-likeness (QED) is 0.776. The van der Waals surface area contributed by atoms with Crippen molar-refractivity contribution >= 4 is 11.8 Å². The van der Waals surface area contributed by atoms with Gasteiger partial charge in [0.1, 0.15) is 12.4 Å². The molecule has 0 aromatic carbocycles. The molecule has 8 nitrogen and oxygen atoms in total. The van der Waals surface area contributed by atoms with Gasteiger partial charge in [0.2, 0.25) is 11.8 Å². The molecule has 1 N–H and O–H groups in total. The van der Waals surface area contributed by atoms with Crippen molar-refractivity contribution in [1.82, 2.24) is 24.6 Å². The standard InChI is InChI=1S/C13H21N5O3/c1-9-15-18(13(21)16(9)3)8-12(20)17-6-4-5-11(7-17)14-10(2)19/h11H,4-8H2,1-3H3,(H,14,19). The Bertz CT molecular complexity index is 603. The van der Waals surface area contributed by atoms with Crippen molar-refractivity contribution in [2.45, 2.75) is 39.3 Å². The number of likely N-dealkylation sites (tertiary alicyclic amines) is 1. The molecule has 0 aliphatic carbocycles. The average molecular weight is 295 g/mol. The van der Waals surface area contributed by atoms with Crippen LogP contribution in [0.2, 0.25) is 0 Å². The van der Waals surface area contributed by atoms with Crippen LogP contribution in [-0.2, 0) is 23.2 Å². The maximum absolute atomic E-state index is 12.3. The third kappa shape index (κ3) is 3.50. The molecule has 0 radical (unpaired) electrons. The fourth-order valence-corrected chi connectivity index (χ4v) is 2.54. The van der Waals surface area contributed by atoms with Crippen LogP contribution in [0, 0.1) is 6.92 Å². The Morgan fingerprint density at radius 1 is 1.43 bits per heavy atom. The molecule has 1 aliphatic heterocycles. The van der Waals surface area contributed by atoms with Crippen LogP contribution in [0.1, 0.15) is 25.6 Å². The number of piperidine rings is 1. The van der Waals surface area contributed by atoms with Gasteiger partial charge < -0.3 is 10.2 Å². The topological polar surface area (TPSA) is 89.2 Å². The summed E-state index contributed by atoms with van der Waals surface area (Å²) in [5.41, 5.74) is -0.295. The van der Waals surface area contributed by atoms with Gasteiger partial charge in [0.15, 0.2) is 0 Å². The molecule has 1 aliphatic rings. The molecule has 116 valence electrons. The highest BCUT2D eigenvalue weighted by Crippen LogP contribution is 2.10. The van der Waals surface area contributed by atoms with E-state index in [4.69, 9.17) is 0 Å². The SMILES string of the molecule is CC(=O)NC1CCCN(C(=O)Cn2nc(C)n(C)c2=O)C1. The molecule has 1 aromatic rings. The van der Waals surface area contributed by atoms with Crippen molar-refractivity contribution in [3.8, 4) is 0 Å². The molecule has 1 fully saturated rings. The van der Waals surface area contributed by atoms with E-state index in [9.17, 15) is 14.4 Å². The van der Waals surface area contributed by atoms with Gasteiger partial charge in [-0.2, -0.15) is 5.10 Å². The first-order valence-electron chi connectivity index (χ1n) is 7.04. The number of aryl methyl sites for hydroxylation is 1. The lowest BCUT2D eigenvalue weighted by molar-refractivity contribution is -0.134. The molecule has 2 amide bonds. The minimum atomic E-state index is -0.295. The van der Waals surface area contributed by atoms with Gasteiger partial charge in [-0.3, -0.25) is 14.2 Å². The average Bonchev–Trinajstić information content (AvgIpc) is 2.66. The van der Waals surface area contributed by atoms with Crippen molar-refractivity contribution in [2.75, 3.05) is 13.1 Å². The summed E-state index contributed by atoms with van der Waals surface area (Å²) >= 11 is 0. The maximum Gasteiger partial charge on any atom is 0.346 e. The minimum Gasteiger partial charge on any atom is -0.352 e. The van der Waals surface area contributed by atoms with Crippen LogP contribution < -0.4 is 11.0 Å². The largest absolute Gasteiger partial charge is 0.352 e. The number of carbonyl (C=O) groups excluding carboxylic acids is 2. The van der Waals surface area contributed by atoms with Gasteiger partial charge >= 0.3 is 5.69 Å². The molecule has 0 spiro atoms. The van der Waals surface area contributed by atoms with E-state index in [-0.39, 0.29) is 30.1 Å². The molecule has 1 saturated heterocycles. The second kappa shape index (κ2) is 6.11. The predicted octanol–water partition coefficient (Wildman–Crippen LogP) is -0.983. The predicted molar refractivity (Wildman–Crippen MR) is 75.6 cm³/mol. The summed E-state index contributed by atoms with van der Waals surface area (Å²) in [5.74, 6) is 0.332. The third-order valence-electron chi connectivity index (χ3n) is 3.73. The van der Waals surface area contributed by atoms with Crippen LogP contribution >= 0.6 is 0 Å². The third-order valence-corrected chi connectivity index (χ3v) is 3.73. The number of aromatic nitrogens is 3. The Morgan fingerprint density at radius 3 is 2.71 bits per heavy atom. The normalized spacial score (nSPS) is 18.6. The van der Waals surface area contributed by atoms with Gasteiger partial charge in [-0.1, -0.05) is 0 Å². The lowest BCUT2D eigenvalue weighted by Crippen LogP contribution is -2.50. The van der Waals surface area contributed by atoms with E-state index in [0.29, 0.717) is 18.9 Å². The zero-order valence-corrected chi connectivity index (χ0v) is 12.6. The van der Waals surface area contributed by atoms with E-state index < -0.39 is 0 Å². The number of carbonyl (C=O) groups is 2. The molecule has 1 unspecified atom stereocenters. The lowest BCUT2D eigenvalue weighted by atomic mass is 10.1. The van der Waals surface area contributed by atoms with Gasteiger partial charge in [-0.25, -0.2) is 9.48 Å². The summed E-state index contributed by atoms with van der Waals surface area (Å²) in [5, 5.41) is 6.90. The monoisotopic (exact) mass is 295 g/mol. The number of amides is 2. The van der Waals surface area contributed by atoms with Crippen molar-refractivity contribution < 1.29 is 9.59 Å². The summed E-state index contributed by atoms with van der Waals surface area (Å²) in [6.07, 6.45) is 1.71. The van der Waals surface area contributed by atoms with Crippen molar-refractivity contribution in [2.24, 2.45) is 7.05 Å². The Balaban J connectivity index is 2.01. The second-order valence-electron chi connectivity index (χ2n) is 5.43. The highest BCUT2D eigenvalue weighted by atomic mass is 16.2. The molecule has 21 heavy (non-hydrogen) atoms. The lowest BCUT2D eigenvalue weighted by Gasteiger charge is -2.32. The molecule has 8 heteroatoms. The van der Waals surface area contributed by atoms with Gasteiger partial charge in [0.25, 0.3) is 0 Å². The molecule has 2 rings (SSSR count). The molecular weight excluding hydrogens is 274 g/mol. The first-order chi connectivity index (χ1) is 9.88. The summed E-state index contributed by atoms with van der Waals surface area (Å²) in [7, 11) is 1.62. The van der Waals surface area contributed by atoms with Crippen LogP contribution in [0.25, 0.3) is 0 Å². The van der Waals surface area contributed by atoms with Crippen molar-refractivity contribution in [3.05, 3.63) is 16.3 Å². The fraction of sp³-hybridized carbons (Fsp3) is 0.692. The maximum atomic E-state index is 12.3. The smallest absolute Gasteiger partial charge is 0.346 e. The highest BCUT2D eigenvalue weighted by Gasteiger charge is 2.25. The first kappa shape index (κ1) is 15.3. The second-order valence-corrected chi connectivity index (χ2v) is 5.43. The Morgan fingerprint density at radius 2 is 2.14 bits per heavy atom. The molecule has 0 saturated carbocycles. The van der Waals surface area contributed by atoms with E-state index in [1.807, 2.05) is 0 Å². The summed E-state index contributed by atoms with van der Waals surface area (Å²) in [4.78, 5) is 36.9. The molecule has 2 heterocycles. The van der Waals surface area contributed by atoms with Crippen LogP contribution in [0.4, 0.5) is 0 Å². The van der Waals surface area contributed by atoms with E-state index in [1.165, 1.54) is 16.2 Å². The molecule has 1 aromatic heterocycles. The van der Waals surface area contributed by atoms with Gasteiger partial charge in [-0.05, 0) is 19.8 Å². The zero-order valence-electron chi connectivity index (χ0n) is 12.6. The van der Waals surface area contributed by atoms with Crippen LogP contribution in [0.3, 0.4) is 0 Å². The van der Waals surface area contributed by atoms with E-state index in [0.717, 1.165) is 12.8 Å². The minimum absolute atomic E-state index is 0.0117. The molecule has 0 bridgehead atoms. The Labute approximate surface area is 122 Å².